The molecule has 162 valence electrons. The van der Waals surface area contributed by atoms with Gasteiger partial charge in [0.2, 0.25) is 5.43 Å². The van der Waals surface area contributed by atoms with Gasteiger partial charge in [0.05, 0.1) is 16.1 Å². The van der Waals surface area contributed by atoms with E-state index in [4.69, 9.17) is 0 Å². The maximum atomic E-state index is 15.0. The molecule has 0 atom stereocenters. The number of halogens is 1. The zero-order valence-electron chi connectivity index (χ0n) is 17.2. The highest BCUT2D eigenvalue weighted by Gasteiger charge is 2.25. The number of hydrogen-bond acceptors (Lipinski definition) is 5. The standard InChI is InChI=1S/C22H22FN3O4S/c1-3-24-12-15(22(29)30)20(27)14-10-16(23)18(11-17(14)24)25-6-8-26(9-7-25)21(28)19-5-4-13(2)31-19/h4-5,10-12H,3,6-9H2,1-2H3,(H,29,30). The summed E-state index contributed by atoms with van der Waals surface area (Å²) in [7, 11) is 0. The fourth-order valence-electron chi connectivity index (χ4n) is 3.91. The van der Waals surface area contributed by atoms with Crippen LogP contribution in [0.3, 0.4) is 0 Å². The molecule has 4 rings (SSSR count). The Morgan fingerprint density at radius 1 is 1.16 bits per heavy atom. The van der Waals surface area contributed by atoms with E-state index in [-0.39, 0.29) is 16.9 Å². The van der Waals surface area contributed by atoms with Gasteiger partial charge in [-0.25, -0.2) is 9.18 Å². The van der Waals surface area contributed by atoms with Crippen LogP contribution in [0.4, 0.5) is 10.1 Å². The minimum atomic E-state index is -1.33. The number of carboxylic acids is 1. The van der Waals surface area contributed by atoms with Crippen LogP contribution in [0.2, 0.25) is 0 Å². The summed E-state index contributed by atoms with van der Waals surface area (Å²) in [5.74, 6) is -1.93. The number of pyridine rings is 1. The number of anilines is 1. The van der Waals surface area contributed by atoms with Crippen LogP contribution in [0.15, 0.2) is 35.3 Å². The van der Waals surface area contributed by atoms with Crippen molar-refractivity contribution in [2.45, 2.75) is 20.4 Å². The van der Waals surface area contributed by atoms with Crippen molar-refractivity contribution in [2.75, 3.05) is 31.1 Å². The van der Waals surface area contributed by atoms with Crippen molar-refractivity contribution in [3.63, 3.8) is 0 Å². The van der Waals surface area contributed by atoms with Gasteiger partial charge in [-0.05, 0) is 38.1 Å². The average molecular weight is 444 g/mol. The molecule has 0 aliphatic carbocycles. The Morgan fingerprint density at radius 3 is 2.45 bits per heavy atom. The van der Waals surface area contributed by atoms with E-state index in [0.29, 0.717) is 48.8 Å². The van der Waals surface area contributed by atoms with Crippen molar-refractivity contribution in [1.29, 1.82) is 0 Å². The first-order chi connectivity index (χ1) is 14.8. The van der Waals surface area contributed by atoms with Gasteiger partial charge in [0, 0.05) is 49.2 Å². The second-order valence-corrected chi connectivity index (χ2v) is 8.76. The lowest BCUT2D eigenvalue weighted by molar-refractivity contribution is 0.0693. The van der Waals surface area contributed by atoms with E-state index in [1.807, 2.05) is 30.9 Å². The van der Waals surface area contributed by atoms with Gasteiger partial charge in [-0.15, -0.1) is 11.3 Å². The lowest BCUT2D eigenvalue weighted by Crippen LogP contribution is -2.48. The van der Waals surface area contributed by atoms with E-state index in [1.54, 1.807) is 15.5 Å². The van der Waals surface area contributed by atoms with Gasteiger partial charge in [-0.2, -0.15) is 0 Å². The van der Waals surface area contributed by atoms with Crippen LogP contribution in [-0.2, 0) is 6.54 Å². The minimum Gasteiger partial charge on any atom is -0.477 e. The molecular weight excluding hydrogens is 421 g/mol. The number of aryl methyl sites for hydroxylation is 2. The highest BCUT2D eigenvalue weighted by Crippen LogP contribution is 2.27. The predicted octanol–water partition coefficient (Wildman–Crippen LogP) is 3.19. The van der Waals surface area contributed by atoms with Gasteiger partial charge < -0.3 is 19.5 Å². The van der Waals surface area contributed by atoms with Crippen molar-refractivity contribution < 1.29 is 19.1 Å². The van der Waals surface area contributed by atoms with Crippen LogP contribution in [0.25, 0.3) is 10.9 Å². The number of aromatic carboxylic acids is 1. The molecule has 0 spiro atoms. The maximum Gasteiger partial charge on any atom is 0.341 e. The molecule has 1 N–H and O–H groups in total. The summed E-state index contributed by atoms with van der Waals surface area (Å²) < 4.78 is 16.6. The van der Waals surface area contributed by atoms with Gasteiger partial charge >= 0.3 is 5.97 Å². The number of fused-ring (bicyclic) bond motifs is 1. The number of nitrogens with zero attached hydrogens (tertiary/aromatic N) is 3. The SMILES string of the molecule is CCn1cc(C(=O)O)c(=O)c2cc(F)c(N3CCN(C(=O)c4ccc(C)s4)CC3)cc21. The van der Waals surface area contributed by atoms with Crippen molar-refractivity contribution in [3.8, 4) is 0 Å². The van der Waals surface area contributed by atoms with Crippen LogP contribution in [0.5, 0.6) is 0 Å². The maximum absolute atomic E-state index is 15.0. The molecule has 1 aliphatic heterocycles. The number of rotatable bonds is 4. The number of carbonyl (C=O) groups is 2. The number of thiophene rings is 1. The van der Waals surface area contributed by atoms with E-state index in [2.05, 4.69) is 0 Å². The van der Waals surface area contributed by atoms with E-state index in [0.717, 1.165) is 10.9 Å². The zero-order valence-corrected chi connectivity index (χ0v) is 18.0. The Balaban J connectivity index is 1.62. The molecule has 0 radical (unpaired) electrons. The Morgan fingerprint density at radius 2 is 1.87 bits per heavy atom. The van der Waals surface area contributed by atoms with Crippen LogP contribution in [0, 0.1) is 12.7 Å². The lowest BCUT2D eigenvalue weighted by Gasteiger charge is -2.36. The topological polar surface area (TPSA) is 82.8 Å². The van der Waals surface area contributed by atoms with Crippen molar-refractivity contribution in [2.24, 2.45) is 0 Å². The summed E-state index contributed by atoms with van der Waals surface area (Å²) in [4.78, 5) is 41.9. The molecular formula is C22H22FN3O4S. The van der Waals surface area contributed by atoms with Gasteiger partial charge in [0.25, 0.3) is 5.91 Å². The Hall–Kier alpha value is -3.20. The third kappa shape index (κ3) is 3.81. The summed E-state index contributed by atoms with van der Waals surface area (Å²) >= 11 is 1.46. The van der Waals surface area contributed by atoms with Crippen LogP contribution >= 0.6 is 11.3 Å². The first kappa shape index (κ1) is 21.0. The normalized spacial score (nSPS) is 14.3. The Bertz CT molecular complexity index is 1240. The summed E-state index contributed by atoms with van der Waals surface area (Å²) in [5.41, 5.74) is -0.241. The number of amides is 1. The van der Waals surface area contributed by atoms with Gasteiger partial charge in [-0.3, -0.25) is 9.59 Å². The zero-order chi connectivity index (χ0) is 22.3. The molecule has 0 saturated carbocycles. The molecule has 0 unspecified atom stereocenters. The molecule has 2 aromatic heterocycles. The summed E-state index contributed by atoms with van der Waals surface area (Å²) in [6.45, 7) is 6.07. The Kier molecular flexibility index (Phi) is 5.53. The highest BCUT2D eigenvalue weighted by molar-refractivity contribution is 7.13. The van der Waals surface area contributed by atoms with Crippen LogP contribution in [0.1, 0.15) is 31.8 Å². The molecule has 3 heterocycles. The first-order valence-corrected chi connectivity index (χ1v) is 10.8. The quantitative estimate of drug-likeness (QED) is 0.670. The first-order valence-electron chi connectivity index (χ1n) is 10.0. The third-order valence-corrected chi connectivity index (χ3v) is 6.57. The lowest BCUT2D eigenvalue weighted by atomic mass is 10.1. The predicted molar refractivity (Wildman–Crippen MR) is 118 cm³/mol. The van der Waals surface area contributed by atoms with E-state index in [1.165, 1.54) is 17.5 Å². The van der Waals surface area contributed by atoms with Crippen molar-refractivity contribution in [3.05, 3.63) is 61.8 Å². The molecule has 1 saturated heterocycles. The summed E-state index contributed by atoms with van der Waals surface area (Å²) in [5, 5.41) is 9.33. The minimum absolute atomic E-state index is 0.0160. The van der Waals surface area contributed by atoms with Crippen molar-refractivity contribution in [1.82, 2.24) is 9.47 Å². The summed E-state index contributed by atoms with van der Waals surface area (Å²) in [6.07, 6.45) is 1.30. The van der Waals surface area contributed by atoms with E-state index >= 15 is 0 Å². The second kappa shape index (κ2) is 8.14. The second-order valence-electron chi connectivity index (χ2n) is 7.47. The Labute approximate surface area is 181 Å². The molecule has 1 fully saturated rings. The molecule has 3 aromatic rings. The van der Waals surface area contributed by atoms with Crippen molar-refractivity contribution >= 4 is 39.8 Å². The van der Waals surface area contributed by atoms with Crippen LogP contribution < -0.4 is 10.3 Å². The number of aromatic nitrogens is 1. The largest absolute Gasteiger partial charge is 0.477 e. The van der Waals surface area contributed by atoms with E-state index in [9.17, 15) is 23.9 Å². The fourth-order valence-corrected chi connectivity index (χ4v) is 4.75. The third-order valence-electron chi connectivity index (χ3n) is 5.58. The number of benzene rings is 1. The number of hydrogen-bond donors (Lipinski definition) is 1. The smallest absolute Gasteiger partial charge is 0.341 e. The van der Waals surface area contributed by atoms with E-state index < -0.39 is 17.2 Å². The molecule has 7 nitrogen and oxygen atoms in total. The molecule has 31 heavy (non-hydrogen) atoms. The molecule has 0 bridgehead atoms. The molecule has 1 aromatic carbocycles. The fraction of sp³-hybridized carbons (Fsp3) is 0.318. The van der Waals surface area contributed by atoms with Gasteiger partial charge in [0.1, 0.15) is 11.4 Å². The molecule has 1 amide bonds. The van der Waals surface area contributed by atoms with Gasteiger partial charge in [0.15, 0.2) is 0 Å². The molecule has 1 aliphatic rings. The highest BCUT2D eigenvalue weighted by atomic mass is 32.1. The monoisotopic (exact) mass is 443 g/mol. The van der Waals surface area contributed by atoms with Crippen LogP contribution in [-0.4, -0.2) is 52.6 Å². The number of piperazine rings is 1. The number of carboxylic acid groups (broad SMARTS) is 1. The van der Waals surface area contributed by atoms with Gasteiger partial charge in [-0.1, -0.05) is 0 Å². The summed E-state index contributed by atoms with van der Waals surface area (Å²) in [6, 6.07) is 6.47. The average Bonchev–Trinajstić information content (AvgIpc) is 3.19. The number of carbonyl (C=O) groups excluding carboxylic acids is 1. The molecule has 9 heteroatoms.